The van der Waals surface area contributed by atoms with Crippen LogP contribution in [0.3, 0.4) is 0 Å². The largest absolute Gasteiger partial charge is 0.385 e. The molecule has 5 rings (SSSR count). The third-order valence-corrected chi connectivity index (χ3v) is 8.32. The highest BCUT2D eigenvalue weighted by atomic mass is 16.2. The average molecular weight is 595 g/mol. The summed E-state index contributed by atoms with van der Waals surface area (Å²) in [7, 11) is 0. The number of rotatable bonds is 14. The fourth-order valence-electron chi connectivity index (χ4n) is 6.02. The predicted molar refractivity (Wildman–Crippen MR) is 177 cm³/mol. The number of allylic oxidation sites excluding steroid dienone is 1. The first-order chi connectivity index (χ1) is 21.4. The number of guanidine groups is 1. The highest BCUT2D eigenvalue weighted by Crippen LogP contribution is 2.36. The highest BCUT2D eigenvalue weighted by molar-refractivity contribution is 6.36. The maximum absolute atomic E-state index is 13.7. The Hall–Kier alpha value is -4.66. The summed E-state index contributed by atoms with van der Waals surface area (Å²) in [6.07, 6.45) is 11.7. The second kappa shape index (κ2) is 14.7. The molecular formula is C35H42N6O3. The Bertz CT molecular complexity index is 1570. The number of nitrogens with two attached hydrogens (primary N) is 2. The average Bonchev–Trinajstić information content (AvgIpc) is 3.03. The molecule has 0 atom stereocenters. The Balaban J connectivity index is 1.22. The van der Waals surface area contributed by atoms with Gasteiger partial charge < -0.3 is 22.1 Å². The van der Waals surface area contributed by atoms with Gasteiger partial charge in [-0.3, -0.25) is 19.4 Å². The number of nitrogens with zero attached hydrogens (tertiary/aromatic N) is 2. The second-order valence-electron chi connectivity index (χ2n) is 11.5. The van der Waals surface area contributed by atoms with E-state index in [1.54, 1.807) is 18.2 Å². The Morgan fingerprint density at radius 3 is 2.50 bits per heavy atom. The molecule has 230 valence electrons. The number of imide groups is 1. The van der Waals surface area contributed by atoms with Crippen molar-refractivity contribution in [3.05, 3.63) is 82.9 Å². The number of carbonyl (C=O) groups excluding carboxylic acids is 3. The van der Waals surface area contributed by atoms with Crippen LogP contribution in [0.4, 0.5) is 11.4 Å². The summed E-state index contributed by atoms with van der Waals surface area (Å²) in [5.41, 5.74) is 15.5. The van der Waals surface area contributed by atoms with Crippen molar-refractivity contribution in [2.75, 3.05) is 29.9 Å². The fraction of sp³-hybridized carbons (Fsp3) is 0.371. The van der Waals surface area contributed by atoms with E-state index in [-0.39, 0.29) is 23.7 Å². The third-order valence-electron chi connectivity index (χ3n) is 8.32. The van der Waals surface area contributed by atoms with Gasteiger partial charge in [0, 0.05) is 53.6 Å². The van der Waals surface area contributed by atoms with E-state index in [0.29, 0.717) is 48.1 Å². The van der Waals surface area contributed by atoms with Crippen LogP contribution in [0.5, 0.6) is 0 Å². The van der Waals surface area contributed by atoms with Crippen LogP contribution in [0.15, 0.2) is 71.2 Å². The van der Waals surface area contributed by atoms with Crippen molar-refractivity contribution in [1.29, 1.82) is 0 Å². The van der Waals surface area contributed by atoms with Gasteiger partial charge in [0.05, 0.1) is 5.69 Å². The monoisotopic (exact) mass is 594 g/mol. The van der Waals surface area contributed by atoms with E-state index in [9.17, 15) is 14.4 Å². The number of hydrogen-bond donors (Lipinski definition) is 4. The van der Waals surface area contributed by atoms with Crippen molar-refractivity contribution in [2.24, 2.45) is 16.5 Å². The lowest BCUT2D eigenvalue weighted by atomic mass is 9.92. The number of anilines is 2. The molecule has 44 heavy (non-hydrogen) atoms. The zero-order valence-electron chi connectivity index (χ0n) is 25.2. The van der Waals surface area contributed by atoms with Crippen molar-refractivity contribution in [1.82, 2.24) is 5.32 Å². The van der Waals surface area contributed by atoms with Crippen LogP contribution >= 0.6 is 0 Å². The minimum absolute atomic E-state index is 0.00731. The predicted octanol–water partition coefficient (Wildman–Crippen LogP) is 5.44. The number of aryl methyl sites for hydroxylation is 1. The maximum Gasteiger partial charge on any atom is 0.265 e. The van der Waals surface area contributed by atoms with Crippen LogP contribution < -0.4 is 27.0 Å². The molecule has 0 spiro atoms. The molecule has 0 aromatic heterocycles. The highest BCUT2D eigenvalue weighted by Gasteiger charge is 2.34. The Morgan fingerprint density at radius 1 is 0.886 bits per heavy atom. The van der Waals surface area contributed by atoms with Gasteiger partial charge >= 0.3 is 0 Å². The molecule has 0 saturated carbocycles. The number of nitrogens with one attached hydrogen (secondary N) is 2. The molecule has 3 aromatic carbocycles. The van der Waals surface area contributed by atoms with Crippen LogP contribution in [0.25, 0.3) is 10.8 Å². The van der Waals surface area contributed by atoms with E-state index in [1.165, 1.54) is 23.3 Å². The van der Waals surface area contributed by atoms with Gasteiger partial charge in [-0.15, -0.1) is 0 Å². The number of aliphatic imine (C=N–C) groups is 1. The smallest absolute Gasteiger partial charge is 0.265 e. The van der Waals surface area contributed by atoms with Crippen molar-refractivity contribution >= 4 is 45.8 Å². The molecule has 9 nitrogen and oxygen atoms in total. The number of hydrogen-bond acceptors (Lipinski definition) is 5. The number of carbonyl (C=O) groups is 3. The molecule has 0 saturated heterocycles. The van der Waals surface area contributed by atoms with E-state index < -0.39 is 0 Å². The molecule has 3 amide bonds. The molecular weight excluding hydrogens is 552 g/mol. The van der Waals surface area contributed by atoms with Crippen LogP contribution in [-0.4, -0.2) is 43.3 Å². The summed E-state index contributed by atoms with van der Waals surface area (Å²) < 4.78 is 0. The first-order valence-electron chi connectivity index (χ1n) is 15.7. The van der Waals surface area contributed by atoms with Crippen molar-refractivity contribution < 1.29 is 14.4 Å². The summed E-state index contributed by atoms with van der Waals surface area (Å²) in [6.45, 7) is 2.02. The molecule has 9 heteroatoms. The summed E-state index contributed by atoms with van der Waals surface area (Å²) in [4.78, 5) is 45.3. The Morgan fingerprint density at radius 2 is 1.70 bits per heavy atom. The molecule has 1 aliphatic heterocycles. The minimum Gasteiger partial charge on any atom is -0.385 e. The topological polar surface area (TPSA) is 143 Å². The molecule has 2 aliphatic rings. The van der Waals surface area contributed by atoms with Gasteiger partial charge in [-0.25, -0.2) is 4.90 Å². The SMILES string of the molecule is NC(N)=NCCCCCNc1ccc2c3c(cccc13)C(=O)N(c1cccc(CCC(=O)NCCC3=CCCCC3)c1)C2=O. The first kappa shape index (κ1) is 30.8. The van der Waals surface area contributed by atoms with Crippen molar-refractivity contribution in [2.45, 2.75) is 64.2 Å². The normalized spacial score (nSPS) is 14.4. The minimum atomic E-state index is -0.350. The molecule has 3 aromatic rings. The summed E-state index contributed by atoms with van der Waals surface area (Å²) in [5.74, 6) is -0.582. The van der Waals surface area contributed by atoms with E-state index >= 15 is 0 Å². The van der Waals surface area contributed by atoms with Gasteiger partial charge in [0.15, 0.2) is 5.96 Å². The van der Waals surface area contributed by atoms with Gasteiger partial charge in [-0.2, -0.15) is 0 Å². The lowest BCUT2D eigenvalue weighted by Gasteiger charge is -2.28. The van der Waals surface area contributed by atoms with Crippen LogP contribution in [0.2, 0.25) is 0 Å². The lowest BCUT2D eigenvalue weighted by molar-refractivity contribution is -0.121. The number of unbranched alkanes of at least 4 members (excludes halogenated alkanes) is 2. The zero-order valence-corrected chi connectivity index (χ0v) is 25.2. The standard InChI is InChI=1S/C35H42N6O3/c36-35(37)40-21-6-2-5-20-38-30-17-16-29-32-27(30)13-8-14-28(32)33(43)41(34(29)44)26-12-7-11-25(23-26)15-18-31(42)39-22-19-24-9-3-1-4-10-24/h7-9,11-14,16-17,23,38H,1-6,10,15,18-22H2,(H,39,42)(H4,36,37,40). The molecule has 0 fully saturated rings. The van der Waals surface area contributed by atoms with Gasteiger partial charge in [-0.05, 0) is 93.7 Å². The number of amides is 3. The van der Waals surface area contributed by atoms with E-state index in [2.05, 4.69) is 21.7 Å². The van der Waals surface area contributed by atoms with E-state index in [1.807, 2.05) is 36.4 Å². The quantitative estimate of drug-likeness (QED) is 0.0644. The Kier molecular flexibility index (Phi) is 10.3. The van der Waals surface area contributed by atoms with Gasteiger partial charge in [0.25, 0.3) is 11.8 Å². The zero-order chi connectivity index (χ0) is 30.9. The third kappa shape index (κ3) is 7.45. The Labute approximate surface area is 258 Å². The molecule has 1 heterocycles. The van der Waals surface area contributed by atoms with Crippen molar-refractivity contribution in [3.8, 4) is 0 Å². The summed E-state index contributed by atoms with van der Waals surface area (Å²) >= 11 is 0. The first-order valence-corrected chi connectivity index (χ1v) is 15.7. The van der Waals surface area contributed by atoms with Crippen molar-refractivity contribution in [3.63, 3.8) is 0 Å². The lowest BCUT2D eigenvalue weighted by Crippen LogP contribution is -2.40. The van der Waals surface area contributed by atoms with E-state index in [0.717, 1.165) is 61.7 Å². The fourth-order valence-corrected chi connectivity index (χ4v) is 6.02. The molecule has 0 unspecified atom stereocenters. The van der Waals surface area contributed by atoms with Crippen LogP contribution in [0.1, 0.15) is 84.1 Å². The summed E-state index contributed by atoms with van der Waals surface area (Å²) in [5, 5.41) is 8.02. The summed E-state index contributed by atoms with van der Waals surface area (Å²) in [6, 6.07) is 16.6. The number of benzene rings is 3. The molecule has 6 N–H and O–H groups in total. The molecule has 0 bridgehead atoms. The van der Waals surface area contributed by atoms with Crippen LogP contribution in [-0.2, 0) is 11.2 Å². The molecule has 0 radical (unpaired) electrons. The van der Waals surface area contributed by atoms with Gasteiger partial charge in [0.2, 0.25) is 5.91 Å². The van der Waals surface area contributed by atoms with E-state index in [4.69, 9.17) is 11.5 Å². The molecule has 1 aliphatic carbocycles. The maximum atomic E-state index is 13.7. The van der Waals surface area contributed by atoms with Crippen LogP contribution in [0, 0.1) is 0 Å². The van der Waals surface area contributed by atoms with Gasteiger partial charge in [0.1, 0.15) is 0 Å². The van der Waals surface area contributed by atoms with Gasteiger partial charge in [-0.1, -0.05) is 35.9 Å². The second-order valence-corrected chi connectivity index (χ2v) is 11.5.